The summed E-state index contributed by atoms with van der Waals surface area (Å²) in [6.45, 7) is 10.9. The Labute approximate surface area is 167 Å². The molecule has 0 fully saturated rings. The van der Waals surface area contributed by atoms with Gasteiger partial charge in [0.2, 0.25) is 0 Å². The molecule has 1 unspecified atom stereocenters. The highest BCUT2D eigenvalue weighted by molar-refractivity contribution is 7.80. The number of aryl methyl sites for hydroxylation is 1. The predicted octanol–water partition coefficient (Wildman–Crippen LogP) is 3.47. The summed E-state index contributed by atoms with van der Waals surface area (Å²) in [7, 11) is 0. The summed E-state index contributed by atoms with van der Waals surface area (Å²) < 4.78 is 13.2. The van der Waals surface area contributed by atoms with E-state index in [0.29, 0.717) is 18.3 Å². The van der Waals surface area contributed by atoms with E-state index in [-0.39, 0.29) is 6.04 Å². The Balaban J connectivity index is 1.82. The summed E-state index contributed by atoms with van der Waals surface area (Å²) in [5.74, 6) is 1.58. The molecule has 1 heterocycles. The third-order valence-electron chi connectivity index (χ3n) is 4.08. The van der Waals surface area contributed by atoms with Crippen LogP contribution in [-0.4, -0.2) is 34.7 Å². The van der Waals surface area contributed by atoms with Crippen molar-refractivity contribution in [3.8, 4) is 11.5 Å². The molecule has 6 nitrogen and oxygen atoms in total. The van der Waals surface area contributed by atoms with Gasteiger partial charge in [-0.3, -0.25) is 4.68 Å². The van der Waals surface area contributed by atoms with E-state index in [2.05, 4.69) is 35.6 Å². The van der Waals surface area contributed by atoms with Crippen LogP contribution in [0.25, 0.3) is 0 Å². The lowest BCUT2D eigenvalue weighted by atomic mass is 10.1. The molecule has 1 atom stereocenters. The highest BCUT2D eigenvalue weighted by atomic mass is 32.1. The van der Waals surface area contributed by atoms with Crippen molar-refractivity contribution in [2.45, 2.75) is 46.7 Å². The molecule has 0 aliphatic carbocycles. The van der Waals surface area contributed by atoms with Crippen molar-refractivity contribution in [2.75, 3.05) is 19.8 Å². The zero-order valence-electron chi connectivity index (χ0n) is 16.6. The minimum absolute atomic E-state index is 0.0628. The van der Waals surface area contributed by atoms with E-state index in [0.717, 1.165) is 36.7 Å². The van der Waals surface area contributed by atoms with Gasteiger partial charge < -0.3 is 20.1 Å². The Kier molecular flexibility index (Phi) is 8.39. The van der Waals surface area contributed by atoms with Crippen LogP contribution < -0.4 is 20.1 Å². The number of hydrogen-bond donors (Lipinski definition) is 2. The fourth-order valence-corrected chi connectivity index (χ4v) is 2.96. The second-order valence-corrected chi connectivity index (χ2v) is 6.52. The largest absolute Gasteiger partial charge is 0.490 e. The molecule has 2 rings (SSSR count). The van der Waals surface area contributed by atoms with Crippen LogP contribution in [0.3, 0.4) is 0 Å². The topological polar surface area (TPSA) is 60.3 Å². The summed E-state index contributed by atoms with van der Waals surface area (Å²) in [6.07, 6.45) is 2.82. The van der Waals surface area contributed by atoms with Crippen LogP contribution in [0.5, 0.6) is 11.5 Å². The van der Waals surface area contributed by atoms with E-state index in [1.54, 1.807) is 0 Å². The molecule has 0 aliphatic heterocycles. The Hall–Kier alpha value is -2.28. The number of benzene rings is 1. The molecule has 2 aromatic rings. The summed E-state index contributed by atoms with van der Waals surface area (Å²) >= 11 is 5.40. The van der Waals surface area contributed by atoms with Crippen molar-refractivity contribution >= 4 is 17.3 Å². The van der Waals surface area contributed by atoms with Crippen molar-refractivity contribution in [3.05, 3.63) is 41.7 Å². The normalized spacial score (nSPS) is 11.7. The molecule has 0 aliphatic rings. The van der Waals surface area contributed by atoms with Gasteiger partial charge >= 0.3 is 0 Å². The van der Waals surface area contributed by atoms with Crippen molar-refractivity contribution in [2.24, 2.45) is 0 Å². The van der Waals surface area contributed by atoms with E-state index >= 15 is 0 Å². The number of ether oxygens (including phenoxy) is 2. The number of nitrogens with zero attached hydrogens (tertiary/aromatic N) is 2. The highest BCUT2D eigenvalue weighted by Gasteiger charge is 2.10. The van der Waals surface area contributed by atoms with Crippen LogP contribution in [0.15, 0.2) is 30.5 Å². The van der Waals surface area contributed by atoms with Gasteiger partial charge in [0.15, 0.2) is 16.6 Å². The van der Waals surface area contributed by atoms with Crippen molar-refractivity contribution in [1.82, 2.24) is 20.4 Å². The van der Waals surface area contributed by atoms with Gasteiger partial charge in [-0.25, -0.2) is 0 Å². The Bertz CT molecular complexity index is 733. The molecule has 0 radical (unpaired) electrons. The maximum Gasteiger partial charge on any atom is 0.166 e. The first-order valence-electron chi connectivity index (χ1n) is 9.53. The SMILES string of the molecule is CCOc1ccc(CCNC(=S)NC(C)c2ccn(CC)n2)cc1OCC. The molecule has 148 valence electrons. The van der Waals surface area contributed by atoms with Crippen LogP contribution in [0.2, 0.25) is 0 Å². The van der Waals surface area contributed by atoms with E-state index in [1.807, 2.05) is 42.9 Å². The summed E-state index contributed by atoms with van der Waals surface area (Å²) in [5, 5.41) is 11.7. The molecule has 27 heavy (non-hydrogen) atoms. The number of nitrogens with one attached hydrogen (secondary N) is 2. The molecular weight excluding hydrogens is 360 g/mol. The molecule has 0 amide bonds. The highest BCUT2D eigenvalue weighted by Crippen LogP contribution is 2.28. The van der Waals surface area contributed by atoms with Crippen molar-refractivity contribution in [1.29, 1.82) is 0 Å². The first kappa shape index (κ1) is 21.0. The van der Waals surface area contributed by atoms with Gasteiger partial charge in [-0.15, -0.1) is 0 Å². The van der Waals surface area contributed by atoms with E-state index in [4.69, 9.17) is 21.7 Å². The Morgan fingerprint density at radius 1 is 1.15 bits per heavy atom. The quantitative estimate of drug-likeness (QED) is 0.606. The first-order chi connectivity index (χ1) is 13.1. The second kappa shape index (κ2) is 10.8. The molecule has 0 saturated heterocycles. The van der Waals surface area contributed by atoms with Crippen LogP contribution >= 0.6 is 12.2 Å². The maximum absolute atomic E-state index is 5.68. The van der Waals surface area contributed by atoms with Gasteiger partial charge in [-0.1, -0.05) is 6.07 Å². The fraction of sp³-hybridized carbons (Fsp3) is 0.500. The fourth-order valence-electron chi connectivity index (χ4n) is 2.68. The zero-order valence-corrected chi connectivity index (χ0v) is 17.4. The standard InChI is InChI=1S/C20H30N4O2S/c1-5-24-13-11-17(23-24)15(4)22-20(27)21-12-10-16-8-9-18(25-6-2)19(14-16)26-7-3/h8-9,11,13-15H,5-7,10,12H2,1-4H3,(H2,21,22,27). The lowest BCUT2D eigenvalue weighted by Gasteiger charge is -2.16. The zero-order chi connectivity index (χ0) is 19.6. The number of thiocarbonyl (C=S) groups is 1. The average Bonchev–Trinajstić information content (AvgIpc) is 3.13. The molecule has 1 aromatic carbocycles. The average molecular weight is 391 g/mol. The van der Waals surface area contributed by atoms with E-state index < -0.39 is 0 Å². The van der Waals surface area contributed by atoms with Gasteiger partial charge in [0, 0.05) is 19.3 Å². The summed E-state index contributed by atoms with van der Waals surface area (Å²) in [6, 6.07) is 8.14. The number of rotatable bonds is 10. The molecule has 2 N–H and O–H groups in total. The molecule has 0 spiro atoms. The van der Waals surface area contributed by atoms with Crippen molar-refractivity contribution in [3.63, 3.8) is 0 Å². The third-order valence-corrected chi connectivity index (χ3v) is 4.35. The van der Waals surface area contributed by atoms with Gasteiger partial charge in [0.1, 0.15) is 0 Å². The minimum Gasteiger partial charge on any atom is -0.490 e. The Morgan fingerprint density at radius 3 is 2.56 bits per heavy atom. The molecule has 7 heteroatoms. The van der Waals surface area contributed by atoms with E-state index in [1.165, 1.54) is 5.56 Å². The molecule has 1 aromatic heterocycles. The lowest BCUT2D eigenvalue weighted by molar-refractivity contribution is 0.287. The maximum atomic E-state index is 5.68. The second-order valence-electron chi connectivity index (χ2n) is 6.12. The number of aromatic nitrogens is 2. The number of hydrogen-bond acceptors (Lipinski definition) is 4. The van der Waals surface area contributed by atoms with Gasteiger partial charge in [-0.05, 0) is 70.1 Å². The van der Waals surface area contributed by atoms with Crippen LogP contribution in [-0.2, 0) is 13.0 Å². The minimum atomic E-state index is 0.0628. The van der Waals surface area contributed by atoms with Crippen LogP contribution in [0, 0.1) is 0 Å². The van der Waals surface area contributed by atoms with Crippen LogP contribution in [0.4, 0.5) is 0 Å². The first-order valence-corrected chi connectivity index (χ1v) is 9.94. The summed E-state index contributed by atoms with van der Waals surface area (Å²) in [5.41, 5.74) is 2.15. The summed E-state index contributed by atoms with van der Waals surface area (Å²) in [4.78, 5) is 0. The predicted molar refractivity (Wildman–Crippen MR) is 113 cm³/mol. The molecule has 0 bridgehead atoms. The lowest BCUT2D eigenvalue weighted by Crippen LogP contribution is -2.37. The van der Waals surface area contributed by atoms with Gasteiger partial charge in [0.05, 0.1) is 24.9 Å². The van der Waals surface area contributed by atoms with Crippen LogP contribution in [0.1, 0.15) is 45.0 Å². The smallest absolute Gasteiger partial charge is 0.166 e. The van der Waals surface area contributed by atoms with Gasteiger partial charge in [0.25, 0.3) is 0 Å². The van der Waals surface area contributed by atoms with Crippen molar-refractivity contribution < 1.29 is 9.47 Å². The molecular formula is C20H30N4O2S. The monoisotopic (exact) mass is 390 g/mol. The van der Waals surface area contributed by atoms with E-state index in [9.17, 15) is 0 Å². The Morgan fingerprint density at radius 2 is 1.89 bits per heavy atom. The third kappa shape index (κ3) is 6.43. The van der Waals surface area contributed by atoms with Gasteiger partial charge in [-0.2, -0.15) is 5.10 Å². The molecule has 0 saturated carbocycles.